The molecule has 0 amide bonds. The quantitative estimate of drug-likeness (QED) is 0.342. The zero-order chi connectivity index (χ0) is 5.98. The third-order valence-corrected chi connectivity index (χ3v) is 0.736. The van der Waals surface area contributed by atoms with Gasteiger partial charge in [0.15, 0.2) is 0 Å². The minimum atomic E-state index is -0.991. The molecular weight excluding hydrogens is 112 g/mol. The van der Waals surface area contributed by atoms with E-state index in [1.807, 2.05) is 6.40 Å². The first-order valence-corrected chi connectivity index (χ1v) is 2.01. The van der Waals surface area contributed by atoms with Crippen LogP contribution in [-0.4, -0.2) is 24.1 Å². The number of nitrogens with zero attached hydrogens (tertiary/aromatic N) is 2. The van der Waals surface area contributed by atoms with E-state index in [0.717, 1.165) is 0 Å². The Morgan fingerprint density at radius 1 is 2.00 bits per heavy atom. The van der Waals surface area contributed by atoms with Crippen LogP contribution < -0.4 is 0 Å². The summed E-state index contributed by atoms with van der Waals surface area (Å²) >= 11 is 0. The van der Waals surface area contributed by atoms with E-state index in [1.54, 1.807) is 0 Å². The van der Waals surface area contributed by atoms with Crippen molar-refractivity contribution >= 4 is 6.40 Å². The summed E-state index contributed by atoms with van der Waals surface area (Å²) in [6.45, 7) is 0.0903. The van der Waals surface area contributed by atoms with Crippen molar-refractivity contribution in [1.82, 2.24) is 0 Å². The third-order valence-electron chi connectivity index (χ3n) is 0.736. The minimum absolute atomic E-state index is 0.0903. The van der Waals surface area contributed by atoms with E-state index in [0.29, 0.717) is 0 Å². The van der Waals surface area contributed by atoms with Gasteiger partial charge in [0.25, 0.3) is 6.40 Å². The van der Waals surface area contributed by atoms with Gasteiger partial charge in [0.1, 0.15) is 6.54 Å². The Balaban J connectivity index is 2.41. The van der Waals surface area contributed by atoms with E-state index in [4.69, 9.17) is 0 Å². The number of aliphatic imine (C=N–C) groups is 1. The van der Waals surface area contributed by atoms with Crippen molar-refractivity contribution < 1.29 is 9.66 Å². The molecule has 0 saturated carbocycles. The largest absolute Gasteiger partial charge is 0.405 e. The second-order valence-corrected chi connectivity index (χ2v) is 1.29. The highest BCUT2D eigenvalue weighted by atomic mass is 16.7. The molecule has 0 aromatic heterocycles. The number of ether oxygens (including phenoxy) is 1. The standard InChI is InChI=1S/C3H3N2O3/c6-5(7)3-1-4-2-8-3/h3H,1H2. The van der Waals surface area contributed by atoms with Crippen molar-refractivity contribution in [2.75, 3.05) is 6.54 Å². The maximum Gasteiger partial charge on any atom is 0.374 e. The lowest BCUT2D eigenvalue weighted by Crippen LogP contribution is -2.20. The van der Waals surface area contributed by atoms with Crippen molar-refractivity contribution in [3.8, 4) is 0 Å². The predicted octanol–water partition coefficient (Wildman–Crippen LogP) is -0.475. The Hall–Kier alpha value is -1.13. The summed E-state index contributed by atoms with van der Waals surface area (Å²) in [5.74, 6) is 0. The normalized spacial score (nSPS) is 25.2. The Morgan fingerprint density at radius 3 is 3.00 bits per heavy atom. The highest BCUT2D eigenvalue weighted by Crippen LogP contribution is 1.97. The highest BCUT2D eigenvalue weighted by Gasteiger charge is 2.23. The highest BCUT2D eigenvalue weighted by molar-refractivity contribution is 5.48. The third kappa shape index (κ3) is 0.749. The van der Waals surface area contributed by atoms with E-state index < -0.39 is 11.2 Å². The summed E-state index contributed by atoms with van der Waals surface area (Å²) in [6, 6.07) is 0. The van der Waals surface area contributed by atoms with Gasteiger partial charge in [-0.05, 0) is 0 Å². The number of rotatable bonds is 1. The lowest BCUT2D eigenvalue weighted by atomic mass is 10.6. The lowest BCUT2D eigenvalue weighted by molar-refractivity contribution is -0.558. The first kappa shape index (κ1) is 5.02. The van der Waals surface area contributed by atoms with Gasteiger partial charge in [0.2, 0.25) is 0 Å². The van der Waals surface area contributed by atoms with E-state index in [9.17, 15) is 10.1 Å². The fourth-order valence-corrected chi connectivity index (χ4v) is 0.360. The molecule has 0 N–H and O–H groups in total. The van der Waals surface area contributed by atoms with Crippen LogP contribution in [0.4, 0.5) is 0 Å². The molecule has 0 bridgehead atoms. The summed E-state index contributed by atoms with van der Waals surface area (Å²) < 4.78 is 4.30. The number of hydrogen-bond acceptors (Lipinski definition) is 4. The maximum atomic E-state index is 9.78. The van der Waals surface area contributed by atoms with Crippen LogP contribution in [-0.2, 0) is 4.74 Å². The maximum absolute atomic E-state index is 9.78. The van der Waals surface area contributed by atoms with Gasteiger partial charge < -0.3 is 4.74 Å². The molecule has 1 heterocycles. The Bertz CT molecular complexity index is 124. The number of nitro groups is 1. The fourth-order valence-electron chi connectivity index (χ4n) is 0.360. The molecule has 1 unspecified atom stereocenters. The van der Waals surface area contributed by atoms with Gasteiger partial charge >= 0.3 is 6.23 Å². The van der Waals surface area contributed by atoms with Gasteiger partial charge in [0.05, 0.1) is 4.92 Å². The van der Waals surface area contributed by atoms with Crippen LogP contribution in [0.25, 0.3) is 0 Å². The van der Waals surface area contributed by atoms with E-state index in [-0.39, 0.29) is 6.54 Å². The van der Waals surface area contributed by atoms with Crippen LogP contribution >= 0.6 is 0 Å². The Labute approximate surface area is 45.1 Å². The molecule has 1 atom stereocenters. The van der Waals surface area contributed by atoms with E-state index in [2.05, 4.69) is 9.73 Å². The molecule has 1 aliphatic heterocycles. The van der Waals surface area contributed by atoms with Crippen LogP contribution in [0.5, 0.6) is 0 Å². The molecule has 1 aliphatic rings. The second kappa shape index (κ2) is 1.77. The second-order valence-electron chi connectivity index (χ2n) is 1.29. The van der Waals surface area contributed by atoms with Crippen LogP contribution in [0.2, 0.25) is 0 Å². The molecule has 0 fully saturated rings. The SMILES string of the molecule is O=[N+]([O-])C1CN=[C]O1. The van der Waals surface area contributed by atoms with Crippen LogP contribution in [0.1, 0.15) is 0 Å². The van der Waals surface area contributed by atoms with Crippen molar-refractivity contribution in [3.05, 3.63) is 10.1 Å². The van der Waals surface area contributed by atoms with Gasteiger partial charge in [-0.25, -0.2) is 4.99 Å². The van der Waals surface area contributed by atoms with Crippen LogP contribution in [0.3, 0.4) is 0 Å². The first-order valence-electron chi connectivity index (χ1n) is 2.01. The molecule has 0 saturated heterocycles. The van der Waals surface area contributed by atoms with Gasteiger partial charge in [0, 0.05) is 0 Å². The smallest absolute Gasteiger partial charge is 0.374 e. The minimum Gasteiger partial charge on any atom is -0.405 e. The summed E-state index contributed by atoms with van der Waals surface area (Å²) in [5, 5.41) is 9.78. The van der Waals surface area contributed by atoms with Crippen molar-refractivity contribution in [2.24, 2.45) is 4.99 Å². The van der Waals surface area contributed by atoms with Gasteiger partial charge in [-0.15, -0.1) is 0 Å². The predicted molar refractivity (Wildman–Crippen MR) is 24.2 cm³/mol. The summed E-state index contributed by atoms with van der Waals surface area (Å²) in [7, 11) is 0. The molecular formula is C3H3N2O3. The Kier molecular flexibility index (Phi) is 1.11. The molecule has 8 heavy (non-hydrogen) atoms. The summed E-state index contributed by atoms with van der Waals surface area (Å²) in [5.41, 5.74) is 0. The molecule has 0 aliphatic carbocycles. The molecule has 1 rings (SSSR count). The lowest BCUT2D eigenvalue weighted by Gasteiger charge is -1.95. The van der Waals surface area contributed by atoms with E-state index in [1.165, 1.54) is 0 Å². The Morgan fingerprint density at radius 2 is 2.75 bits per heavy atom. The molecule has 0 aromatic rings. The van der Waals surface area contributed by atoms with Gasteiger partial charge in [-0.2, -0.15) is 0 Å². The molecule has 5 nitrogen and oxygen atoms in total. The first-order chi connectivity index (χ1) is 3.80. The fraction of sp³-hybridized carbons (Fsp3) is 0.667. The van der Waals surface area contributed by atoms with Crippen LogP contribution in [0.15, 0.2) is 4.99 Å². The summed E-state index contributed by atoms with van der Waals surface area (Å²) in [4.78, 5) is 12.6. The summed E-state index contributed by atoms with van der Waals surface area (Å²) in [6.07, 6.45) is 1.05. The van der Waals surface area contributed by atoms with Crippen molar-refractivity contribution in [3.63, 3.8) is 0 Å². The van der Waals surface area contributed by atoms with Gasteiger partial charge in [-0.3, -0.25) is 10.1 Å². The van der Waals surface area contributed by atoms with Crippen LogP contribution in [0, 0.1) is 10.1 Å². The van der Waals surface area contributed by atoms with Gasteiger partial charge in [-0.1, -0.05) is 0 Å². The molecule has 5 heteroatoms. The molecule has 1 radical (unpaired) electrons. The topological polar surface area (TPSA) is 64.7 Å². The average Bonchev–Trinajstić information content (AvgIpc) is 2.12. The number of hydrogen-bond donors (Lipinski definition) is 0. The molecule has 0 spiro atoms. The van der Waals surface area contributed by atoms with Crippen molar-refractivity contribution in [1.29, 1.82) is 0 Å². The molecule has 43 valence electrons. The zero-order valence-electron chi connectivity index (χ0n) is 3.90. The molecule has 0 aromatic carbocycles. The zero-order valence-corrected chi connectivity index (χ0v) is 3.90. The monoisotopic (exact) mass is 115 g/mol. The van der Waals surface area contributed by atoms with E-state index >= 15 is 0 Å². The average molecular weight is 115 g/mol. The van der Waals surface area contributed by atoms with Crippen molar-refractivity contribution in [2.45, 2.75) is 6.23 Å².